The van der Waals surface area contributed by atoms with E-state index in [1.165, 1.54) is 4.88 Å². The van der Waals surface area contributed by atoms with Crippen molar-refractivity contribution >= 4 is 17.2 Å². The van der Waals surface area contributed by atoms with Gasteiger partial charge in [-0.25, -0.2) is 0 Å². The van der Waals surface area contributed by atoms with E-state index in [1.807, 2.05) is 60.0 Å². The highest BCUT2D eigenvalue weighted by atomic mass is 32.1. The highest BCUT2D eigenvalue weighted by Crippen LogP contribution is 2.24. The highest BCUT2D eigenvalue weighted by Gasteiger charge is 2.07. The third-order valence-corrected chi connectivity index (χ3v) is 5.11. The van der Waals surface area contributed by atoms with Gasteiger partial charge < -0.3 is 5.32 Å². The number of rotatable bonds is 5. The molecule has 0 radical (unpaired) electrons. The van der Waals surface area contributed by atoms with Gasteiger partial charge >= 0.3 is 0 Å². The Labute approximate surface area is 161 Å². The topological polar surface area (TPSA) is 54.9 Å². The number of hydrogen-bond acceptors (Lipinski definition) is 4. The molecule has 0 spiro atoms. The first kappa shape index (κ1) is 17.1. The van der Waals surface area contributed by atoms with Gasteiger partial charge in [0.05, 0.1) is 5.69 Å². The number of thiophene rings is 1. The molecule has 5 heteroatoms. The summed E-state index contributed by atoms with van der Waals surface area (Å²) in [4.78, 5) is 22.1. The highest BCUT2D eigenvalue weighted by molar-refractivity contribution is 7.13. The van der Waals surface area contributed by atoms with Gasteiger partial charge in [-0.15, -0.1) is 11.3 Å². The second-order valence-corrected chi connectivity index (χ2v) is 6.98. The van der Waals surface area contributed by atoms with E-state index < -0.39 is 0 Å². The third kappa shape index (κ3) is 4.10. The number of amides is 1. The molecule has 0 aliphatic carbocycles. The number of hydrogen-bond donors (Lipinski definition) is 1. The average molecular weight is 371 g/mol. The molecular weight excluding hydrogens is 354 g/mol. The molecule has 3 heterocycles. The Morgan fingerprint density at radius 3 is 2.59 bits per heavy atom. The molecule has 1 N–H and O–H groups in total. The van der Waals surface area contributed by atoms with Crippen molar-refractivity contribution in [3.05, 3.63) is 95.8 Å². The molecular formula is C22H17N3OS. The molecule has 1 amide bonds. The number of benzene rings is 1. The van der Waals surface area contributed by atoms with Gasteiger partial charge in [-0.1, -0.05) is 18.2 Å². The van der Waals surface area contributed by atoms with Gasteiger partial charge in [-0.05, 0) is 59.0 Å². The van der Waals surface area contributed by atoms with Crippen LogP contribution in [0.1, 0.15) is 15.9 Å². The number of carbonyl (C=O) groups is 1. The number of nitrogens with zero attached hydrogens (tertiary/aromatic N) is 2. The van der Waals surface area contributed by atoms with Crippen molar-refractivity contribution in [2.45, 2.75) is 6.54 Å². The zero-order valence-electron chi connectivity index (χ0n) is 14.5. The molecule has 3 aromatic heterocycles. The predicted octanol–water partition coefficient (Wildman–Crippen LogP) is 4.80. The summed E-state index contributed by atoms with van der Waals surface area (Å²) in [6.45, 7) is 0.446. The molecule has 0 saturated heterocycles. The Morgan fingerprint density at radius 1 is 0.963 bits per heavy atom. The first-order valence-electron chi connectivity index (χ1n) is 8.57. The van der Waals surface area contributed by atoms with Crippen LogP contribution in [0.25, 0.3) is 21.7 Å². The van der Waals surface area contributed by atoms with Gasteiger partial charge in [0.25, 0.3) is 5.91 Å². The Morgan fingerprint density at radius 2 is 1.85 bits per heavy atom. The van der Waals surface area contributed by atoms with Gasteiger partial charge in [0.2, 0.25) is 0 Å². The van der Waals surface area contributed by atoms with Crippen molar-refractivity contribution in [2.75, 3.05) is 0 Å². The molecule has 0 atom stereocenters. The summed E-state index contributed by atoms with van der Waals surface area (Å²) in [5.41, 5.74) is 4.56. The Balaban J connectivity index is 1.42. The lowest BCUT2D eigenvalue weighted by Gasteiger charge is -2.08. The molecule has 1 aromatic carbocycles. The fourth-order valence-corrected chi connectivity index (χ4v) is 3.50. The number of carbonyl (C=O) groups excluding carboxylic acids is 1. The van der Waals surface area contributed by atoms with Crippen LogP contribution in [-0.2, 0) is 6.54 Å². The monoisotopic (exact) mass is 371 g/mol. The number of nitrogens with one attached hydrogen (secondary N) is 1. The van der Waals surface area contributed by atoms with Gasteiger partial charge in [-0.2, -0.15) is 0 Å². The third-order valence-electron chi connectivity index (χ3n) is 4.19. The van der Waals surface area contributed by atoms with E-state index >= 15 is 0 Å². The van der Waals surface area contributed by atoms with Crippen molar-refractivity contribution in [2.24, 2.45) is 0 Å². The fraction of sp³-hybridized carbons (Fsp3) is 0.0455. The van der Waals surface area contributed by atoms with E-state index in [4.69, 9.17) is 0 Å². The minimum atomic E-state index is -0.0903. The molecule has 4 rings (SSSR count). The van der Waals surface area contributed by atoms with Crippen molar-refractivity contribution in [1.82, 2.24) is 15.3 Å². The van der Waals surface area contributed by atoms with Crippen LogP contribution < -0.4 is 5.32 Å². The van der Waals surface area contributed by atoms with Crippen molar-refractivity contribution in [3.8, 4) is 21.7 Å². The van der Waals surface area contributed by atoms with Gasteiger partial charge in [0.1, 0.15) is 0 Å². The number of pyridine rings is 2. The smallest absolute Gasteiger partial charge is 0.251 e. The van der Waals surface area contributed by atoms with E-state index in [2.05, 4.69) is 21.4 Å². The summed E-state index contributed by atoms with van der Waals surface area (Å²) in [7, 11) is 0. The van der Waals surface area contributed by atoms with Crippen LogP contribution in [0.5, 0.6) is 0 Å². The maximum atomic E-state index is 12.4. The molecule has 0 unspecified atom stereocenters. The Hall–Kier alpha value is -3.31. The Kier molecular flexibility index (Phi) is 5.03. The summed E-state index contributed by atoms with van der Waals surface area (Å²) in [5.74, 6) is -0.0903. The fourth-order valence-electron chi connectivity index (χ4n) is 2.77. The molecule has 27 heavy (non-hydrogen) atoms. The van der Waals surface area contributed by atoms with E-state index in [0.717, 1.165) is 22.4 Å². The van der Waals surface area contributed by atoms with Gasteiger partial charge in [0.15, 0.2) is 0 Å². The quantitative estimate of drug-likeness (QED) is 0.548. The van der Waals surface area contributed by atoms with Gasteiger partial charge in [-0.3, -0.25) is 14.8 Å². The van der Waals surface area contributed by atoms with E-state index in [9.17, 15) is 4.79 Å². The van der Waals surface area contributed by atoms with Crippen LogP contribution in [0.4, 0.5) is 0 Å². The summed E-state index contributed by atoms with van der Waals surface area (Å²) < 4.78 is 0. The van der Waals surface area contributed by atoms with E-state index in [-0.39, 0.29) is 5.91 Å². The zero-order chi connectivity index (χ0) is 18.5. The predicted molar refractivity (Wildman–Crippen MR) is 108 cm³/mol. The second-order valence-electron chi connectivity index (χ2n) is 6.03. The molecule has 0 fully saturated rings. The molecule has 0 aliphatic rings. The second kappa shape index (κ2) is 7.93. The van der Waals surface area contributed by atoms with E-state index in [0.29, 0.717) is 12.1 Å². The summed E-state index contributed by atoms with van der Waals surface area (Å²) in [6.07, 6.45) is 5.26. The van der Waals surface area contributed by atoms with Crippen molar-refractivity contribution < 1.29 is 4.79 Å². The maximum absolute atomic E-state index is 12.4. The lowest BCUT2D eigenvalue weighted by atomic mass is 10.1. The molecule has 4 nitrogen and oxygen atoms in total. The Bertz CT molecular complexity index is 1030. The minimum absolute atomic E-state index is 0.0903. The SMILES string of the molecule is O=C(NCc1ccnc(-c2cccnc2)c1)c1ccc(-c2cccs2)cc1. The first-order valence-corrected chi connectivity index (χ1v) is 9.45. The lowest BCUT2D eigenvalue weighted by Crippen LogP contribution is -2.22. The summed E-state index contributed by atoms with van der Waals surface area (Å²) >= 11 is 1.69. The van der Waals surface area contributed by atoms with Crippen LogP contribution in [-0.4, -0.2) is 15.9 Å². The minimum Gasteiger partial charge on any atom is -0.348 e. The molecule has 132 valence electrons. The van der Waals surface area contributed by atoms with Crippen molar-refractivity contribution in [1.29, 1.82) is 0 Å². The van der Waals surface area contributed by atoms with Crippen LogP contribution in [0.2, 0.25) is 0 Å². The van der Waals surface area contributed by atoms with Gasteiger partial charge in [0, 0.05) is 41.1 Å². The summed E-state index contributed by atoms with van der Waals surface area (Å²) in [6, 6.07) is 19.5. The first-order chi connectivity index (χ1) is 13.3. The van der Waals surface area contributed by atoms with Crippen LogP contribution >= 0.6 is 11.3 Å². The number of aromatic nitrogens is 2. The zero-order valence-corrected chi connectivity index (χ0v) is 15.3. The van der Waals surface area contributed by atoms with Crippen LogP contribution in [0, 0.1) is 0 Å². The average Bonchev–Trinajstić information content (AvgIpc) is 3.28. The lowest BCUT2D eigenvalue weighted by molar-refractivity contribution is 0.0951. The normalized spacial score (nSPS) is 10.5. The molecule has 0 saturated carbocycles. The van der Waals surface area contributed by atoms with E-state index in [1.54, 1.807) is 29.9 Å². The standard InChI is InChI=1S/C22H17N3OS/c26-22(18-7-5-17(6-8-18)21-4-2-12-27-21)25-14-16-9-11-24-20(13-16)19-3-1-10-23-15-19/h1-13,15H,14H2,(H,25,26). The molecule has 4 aromatic rings. The van der Waals surface area contributed by atoms with Crippen molar-refractivity contribution in [3.63, 3.8) is 0 Å². The maximum Gasteiger partial charge on any atom is 0.251 e. The molecule has 0 bridgehead atoms. The van der Waals surface area contributed by atoms with Crippen LogP contribution in [0.3, 0.4) is 0 Å². The molecule has 0 aliphatic heterocycles. The van der Waals surface area contributed by atoms with Crippen LogP contribution in [0.15, 0.2) is 84.6 Å². The summed E-state index contributed by atoms with van der Waals surface area (Å²) in [5, 5.41) is 5.01. The largest absolute Gasteiger partial charge is 0.348 e.